The van der Waals surface area contributed by atoms with E-state index in [2.05, 4.69) is 15.6 Å². The number of benzene rings is 3. The minimum absolute atomic E-state index is 0.209. The summed E-state index contributed by atoms with van der Waals surface area (Å²) in [5, 5.41) is 6.50. The summed E-state index contributed by atoms with van der Waals surface area (Å²) < 4.78 is 33.7. The molecule has 0 saturated carbocycles. The van der Waals surface area contributed by atoms with Gasteiger partial charge in [-0.15, -0.1) is 0 Å². The lowest BCUT2D eigenvalue weighted by Crippen LogP contribution is -2.38. The molecule has 0 unspecified atom stereocenters. The third kappa shape index (κ3) is 4.08. The number of hydrogen-bond donors (Lipinski definition) is 3. The normalized spacial score (nSPS) is 12.9. The monoisotopic (exact) mass is 448 g/mol. The quantitative estimate of drug-likeness (QED) is 0.410. The summed E-state index contributed by atoms with van der Waals surface area (Å²) in [5.74, 6) is -1.58. The SMILES string of the molecule is O=C(Nc1ccc2c(c1)OCC(=O)N2Cc1c(F)cccc1F)Nc1ccc2cc[nH]c2c1. The molecular weight excluding hydrogens is 430 g/mol. The number of fused-ring (bicyclic) bond motifs is 2. The van der Waals surface area contributed by atoms with Crippen molar-refractivity contribution >= 4 is 39.9 Å². The molecule has 3 N–H and O–H groups in total. The largest absolute Gasteiger partial charge is 0.481 e. The Morgan fingerprint density at radius 2 is 1.73 bits per heavy atom. The zero-order valence-electron chi connectivity index (χ0n) is 17.2. The number of carbonyl (C=O) groups is 2. The standard InChI is InChI=1S/C24H18F2N4O3/c25-18-2-1-3-19(26)17(18)12-30-21-7-6-16(11-22(21)33-13-23(30)31)29-24(32)28-15-5-4-14-8-9-27-20(14)10-15/h1-11,27H,12-13H2,(H2,28,29,32). The second-order valence-corrected chi connectivity index (χ2v) is 7.51. The Kier molecular flexibility index (Phi) is 5.14. The minimum atomic E-state index is -0.733. The molecule has 0 bridgehead atoms. The van der Waals surface area contributed by atoms with Crippen LogP contribution in [0.25, 0.3) is 10.9 Å². The lowest BCUT2D eigenvalue weighted by molar-refractivity contribution is -0.121. The second kappa shape index (κ2) is 8.27. The van der Waals surface area contributed by atoms with Crippen molar-refractivity contribution in [1.29, 1.82) is 0 Å². The molecule has 0 aliphatic carbocycles. The zero-order valence-corrected chi connectivity index (χ0v) is 17.2. The van der Waals surface area contributed by atoms with Gasteiger partial charge < -0.3 is 25.3 Å². The Morgan fingerprint density at radius 1 is 1.00 bits per heavy atom. The van der Waals surface area contributed by atoms with Crippen LogP contribution in [0.2, 0.25) is 0 Å². The molecule has 7 nitrogen and oxygen atoms in total. The number of nitrogens with one attached hydrogen (secondary N) is 3. The van der Waals surface area contributed by atoms with Gasteiger partial charge in [0.05, 0.1) is 12.2 Å². The first-order valence-electron chi connectivity index (χ1n) is 10.1. The van der Waals surface area contributed by atoms with Crippen molar-refractivity contribution in [2.75, 3.05) is 22.1 Å². The van der Waals surface area contributed by atoms with Gasteiger partial charge in [0.2, 0.25) is 0 Å². The van der Waals surface area contributed by atoms with Gasteiger partial charge in [0, 0.05) is 34.7 Å². The highest BCUT2D eigenvalue weighted by Crippen LogP contribution is 2.36. The number of nitrogens with zero attached hydrogens (tertiary/aromatic N) is 1. The highest BCUT2D eigenvalue weighted by atomic mass is 19.1. The predicted molar refractivity (Wildman–Crippen MR) is 120 cm³/mol. The number of amides is 3. The van der Waals surface area contributed by atoms with Crippen LogP contribution in [0.1, 0.15) is 5.56 Å². The van der Waals surface area contributed by atoms with Crippen LogP contribution in [0.5, 0.6) is 5.75 Å². The van der Waals surface area contributed by atoms with E-state index in [4.69, 9.17) is 4.74 Å². The van der Waals surface area contributed by atoms with Crippen LogP contribution in [0.3, 0.4) is 0 Å². The maximum Gasteiger partial charge on any atom is 0.323 e. The van der Waals surface area contributed by atoms with Crippen molar-refractivity contribution in [2.24, 2.45) is 0 Å². The maximum absolute atomic E-state index is 14.1. The van der Waals surface area contributed by atoms with Gasteiger partial charge in [-0.25, -0.2) is 13.6 Å². The van der Waals surface area contributed by atoms with Gasteiger partial charge in [-0.1, -0.05) is 12.1 Å². The van der Waals surface area contributed by atoms with Crippen LogP contribution in [0.4, 0.5) is 30.6 Å². The number of carbonyl (C=O) groups excluding carboxylic acids is 2. The lowest BCUT2D eigenvalue weighted by Gasteiger charge is -2.30. The van der Waals surface area contributed by atoms with Crippen molar-refractivity contribution in [3.8, 4) is 5.75 Å². The Morgan fingerprint density at radius 3 is 2.52 bits per heavy atom. The average molecular weight is 448 g/mol. The van der Waals surface area contributed by atoms with Crippen molar-refractivity contribution in [1.82, 2.24) is 4.98 Å². The molecule has 9 heteroatoms. The number of aromatic nitrogens is 1. The summed E-state index contributed by atoms with van der Waals surface area (Å²) in [6.07, 6.45) is 1.82. The fraction of sp³-hybridized carbons (Fsp3) is 0.0833. The molecule has 1 aliphatic rings. The summed E-state index contributed by atoms with van der Waals surface area (Å²) in [7, 11) is 0. The summed E-state index contributed by atoms with van der Waals surface area (Å²) in [6, 6.07) is 15.2. The molecule has 2 heterocycles. The number of aromatic amines is 1. The van der Waals surface area contributed by atoms with Crippen LogP contribution in [-0.2, 0) is 11.3 Å². The fourth-order valence-electron chi connectivity index (χ4n) is 3.72. The van der Waals surface area contributed by atoms with Crippen LogP contribution < -0.4 is 20.3 Å². The molecule has 1 aromatic heterocycles. The molecule has 5 rings (SSSR count). The van der Waals surface area contributed by atoms with Crippen molar-refractivity contribution in [2.45, 2.75) is 6.54 Å². The van der Waals surface area contributed by atoms with Crippen molar-refractivity contribution in [3.05, 3.63) is 84.1 Å². The van der Waals surface area contributed by atoms with Gasteiger partial charge in [0.1, 0.15) is 17.4 Å². The van der Waals surface area contributed by atoms with Crippen molar-refractivity contribution in [3.63, 3.8) is 0 Å². The lowest BCUT2D eigenvalue weighted by atomic mass is 10.1. The molecule has 4 aromatic rings. The van der Waals surface area contributed by atoms with E-state index in [1.54, 1.807) is 24.3 Å². The van der Waals surface area contributed by atoms with E-state index in [-0.39, 0.29) is 18.7 Å². The van der Waals surface area contributed by atoms with Crippen LogP contribution in [0.15, 0.2) is 66.9 Å². The van der Waals surface area contributed by atoms with Crippen LogP contribution >= 0.6 is 0 Å². The van der Waals surface area contributed by atoms with Gasteiger partial charge in [-0.3, -0.25) is 4.79 Å². The molecular formula is C24H18F2N4O3. The van der Waals surface area contributed by atoms with E-state index in [0.717, 1.165) is 23.0 Å². The van der Waals surface area contributed by atoms with E-state index in [1.165, 1.54) is 11.0 Å². The maximum atomic E-state index is 14.1. The van der Waals surface area contributed by atoms with E-state index in [0.29, 0.717) is 22.8 Å². The number of urea groups is 1. The molecule has 33 heavy (non-hydrogen) atoms. The molecule has 0 fully saturated rings. The van der Waals surface area contributed by atoms with Crippen molar-refractivity contribution < 1.29 is 23.1 Å². The van der Waals surface area contributed by atoms with E-state index >= 15 is 0 Å². The Hall–Kier alpha value is -4.40. The molecule has 166 valence electrons. The molecule has 0 atom stereocenters. The molecule has 0 saturated heterocycles. The van der Waals surface area contributed by atoms with Gasteiger partial charge in [0.25, 0.3) is 5.91 Å². The topological polar surface area (TPSA) is 86.5 Å². The number of ether oxygens (including phenoxy) is 1. The number of halogens is 2. The first-order chi connectivity index (χ1) is 16.0. The summed E-state index contributed by atoms with van der Waals surface area (Å²) >= 11 is 0. The number of hydrogen-bond acceptors (Lipinski definition) is 3. The predicted octanol–water partition coefficient (Wildman–Crippen LogP) is 5.02. The Labute approximate surface area is 187 Å². The smallest absolute Gasteiger partial charge is 0.323 e. The molecule has 0 radical (unpaired) electrons. The molecule has 0 spiro atoms. The Balaban J connectivity index is 1.33. The third-order valence-corrected chi connectivity index (χ3v) is 5.35. The molecule has 1 aliphatic heterocycles. The van der Waals surface area contributed by atoms with Gasteiger partial charge >= 0.3 is 6.03 Å². The summed E-state index contributed by atoms with van der Waals surface area (Å²) in [5.41, 5.74) is 2.08. The summed E-state index contributed by atoms with van der Waals surface area (Å²) in [6.45, 7) is -0.558. The van der Waals surface area contributed by atoms with Gasteiger partial charge in [-0.2, -0.15) is 0 Å². The van der Waals surface area contributed by atoms with E-state index in [9.17, 15) is 18.4 Å². The van der Waals surface area contributed by atoms with E-state index < -0.39 is 23.6 Å². The highest BCUT2D eigenvalue weighted by Gasteiger charge is 2.28. The second-order valence-electron chi connectivity index (χ2n) is 7.51. The third-order valence-electron chi connectivity index (χ3n) is 5.35. The molecule has 3 aromatic carbocycles. The van der Waals surface area contributed by atoms with Gasteiger partial charge in [-0.05, 0) is 47.9 Å². The first kappa shape index (κ1) is 20.5. The fourth-order valence-corrected chi connectivity index (χ4v) is 3.72. The van der Waals surface area contributed by atoms with E-state index in [1.807, 2.05) is 24.4 Å². The first-order valence-corrected chi connectivity index (χ1v) is 10.1. The number of anilines is 3. The van der Waals surface area contributed by atoms with Gasteiger partial charge in [0.15, 0.2) is 6.61 Å². The number of rotatable bonds is 4. The van der Waals surface area contributed by atoms with Crippen LogP contribution in [0, 0.1) is 11.6 Å². The molecule has 3 amide bonds. The Bertz CT molecular complexity index is 1370. The highest BCUT2D eigenvalue weighted by molar-refractivity contribution is 6.02. The number of H-pyrrole nitrogens is 1. The zero-order chi connectivity index (χ0) is 22.9. The summed E-state index contributed by atoms with van der Waals surface area (Å²) in [4.78, 5) is 29.2. The average Bonchev–Trinajstić information content (AvgIpc) is 3.25. The minimum Gasteiger partial charge on any atom is -0.481 e. The van der Waals surface area contributed by atoms with Crippen LogP contribution in [-0.4, -0.2) is 23.5 Å².